The molecule has 2 unspecified atom stereocenters. The molecule has 3 heteroatoms. The van der Waals surface area contributed by atoms with Gasteiger partial charge in [-0.05, 0) is 31.1 Å². The fourth-order valence-electron chi connectivity index (χ4n) is 2.96. The van der Waals surface area contributed by atoms with Crippen molar-refractivity contribution in [1.29, 1.82) is 0 Å². The number of aryl methyl sites for hydroxylation is 1. The summed E-state index contributed by atoms with van der Waals surface area (Å²) < 4.78 is 0. The molecule has 0 saturated heterocycles. The fraction of sp³-hybridized carbons (Fsp3) is 0.238. The minimum Gasteiger partial charge on any atom is -0.352 e. The normalized spacial score (nSPS) is 12.9. The molecule has 24 heavy (non-hydrogen) atoms. The summed E-state index contributed by atoms with van der Waals surface area (Å²) in [6.45, 7) is 7.36. The number of carbonyl (C=O) groups excluding carboxylic acids is 2. The Morgan fingerprint density at radius 2 is 1.75 bits per heavy atom. The van der Waals surface area contributed by atoms with E-state index in [0.29, 0.717) is 0 Å². The van der Waals surface area contributed by atoms with Gasteiger partial charge in [0.2, 0.25) is 5.91 Å². The summed E-state index contributed by atoms with van der Waals surface area (Å²) in [6, 6.07) is 18.1. The third kappa shape index (κ3) is 4.42. The van der Waals surface area contributed by atoms with Gasteiger partial charge in [0, 0.05) is 18.4 Å². The van der Waals surface area contributed by atoms with Gasteiger partial charge in [0.15, 0.2) is 0 Å². The predicted molar refractivity (Wildman–Crippen MR) is 96.8 cm³/mol. The minimum absolute atomic E-state index is 0.0507. The van der Waals surface area contributed by atoms with Crippen LogP contribution in [-0.2, 0) is 9.59 Å². The van der Waals surface area contributed by atoms with E-state index in [9.17, 15) is 9.59 Å². The molecule has 0 aliphatic heterocycles. The third-order valence-corrected chi connectivity index (χ3v) is 4.17. The van der Waals surface area contributed by atoms with Gasteiger partial charge in [-0.25, -0.2) is 0 Å². The molecule has 3 nitrogen and oxygen atoms in total. The molecule has 0 saturated carbocycles. The standard InChI is InChI=1S/C21H23NO2/c1-4-20(24)22-14-19(16(3)23)21(17-10-6-5-7-11-17)18-12-8-9-15(2)13-18/h4-13,19,21H,1,14H2,2-3H3,(H,22,24). The van der Waals surface area contributed by atoms with Crippen LogP contribution in [0.25, 0.3) is 0 Å². The van der Waals surface area contributed by atoms with E-state index in [1.54, 1.807) is 6.92 Å². The van der Waals surface area contributed by atoms with Gasteiger partial charge < -0.3 is 5.32 Å². The van der Waals surface area contributed by atoms with Gasteiger partial charge in [-0.15, -0.1) is 0 Å². The number of carbonyl (C=O) groups is 2. The Hall–Kier alpha value is -2.68. The van der Waals surface area contributed by atoms with Crippen molar-refractivity contribution < 1.29 is 9.59 Å². The fourth-order valence-corrected chi connectivity index (χ4v) is 2.96. The summed E-state index contributed by atoms with van der Waals surface area (Å²) in [7, 11) is 0. The highest BCUT2D eigenvalue weighted by Gasteiger charge is 2.28. The summed E-state index contributed by atoms with van der Waals surface area (Å²) in [6.07, 6.45) is 1.22. The minimum atomic E-state index is -0.335. The molecule has 0 aromatic heterocycles. The topological polar surface area (TPSA) is 46.2 Å². The number of amides is 1. The average Bonchev–Trinajstić information content (AvgIpc) is 2.58. The van der Waals surface area contributed by atoms with Crippen molar-refractivity contribution in [3.63, 3.8) is 0 Å². The van der Waals surface area contributed by atoms with Crippen LogP contribution in [0.1, 0.15) is 29.5 Å². The van der Waals surface area contributed by atoms with Crippen molar-refractivity contribution in [3.8, 4) is 0 Å². The van der Waals surface area contributed by atoms with Gasteiger partial charge in [0.1, 0.15) is 5.78 Å². The van der Waals surface area contributed by atoms with E-state index in [2.05, 4.69) is 18.0 Å². The van der Waals surface area contributed by atoms with Crippen LogP contribution < -0.4 is 5.32 Å². The molecule has 2 rings (SSSR count). The Kier molecular flexibility index (Phi) is 6.07. The summed E-state index contributed by atoms with van der Waals surface area (Å²) in [5, 5.41) is 2.77. The Bertz CT molecular complexity index is 722. The summed E-state index contributed by atoms with van der Waals surface area (Å²) in [5.74, 6) is -0.654. The van der Waals surface area contributed by atoms with Crippen LogP contribution in [-0.4, -0.2) is 18.2 Å². The summed E-state index contributed by atoms with van der Waals surface area (Å²) in [4.78, 5) is 23.9. The van der Waals surface area contributed by atoms with Gasteiger partial charge >= 0.3 is 0 Å². The van der Waals surface area contributed by atoms with Crippen molar-refractivity contribution in [2.45, 2.75) is 19.8 Å². The molecule has 2 aromatic rings. The molecule has 0 aliphatic carbocycles. The first-order chi connectivity index (χ1) is 11.5. The SMILES string of the molecule is C=CC(=O)NCC(C(C)=O)C(c1ccccc1)c1cccc(C)c1. The Morgan fingerprint density at radius 3 is 2.33 bits per heavy atom. The maximum absolute atomic E-state index is 12.3. The van der Waals surface area contributed by atoms with E-state index in [1.807, 2.05) is 55.5 Å². The lowest BCUT2D eigenvalue weighted by molar-refractivity contribution is -0.121. The molecule has 0 spiro atoms. The number of ketones is 1. The van der Waals surface area contributed by atoms with Crippen molar-refractivity contribution in [1.82, 2.24) is 5.32 Å². The molecular weight excluding hydrogens is 298 g/mol. The van der Waals surface area contributed by atoms with Gasteiger partial charge in [0.05, 0.1) is 0 Å². The molecule has 1 N–H and O–H groups in total. The second-order valence-electron chi connectivity index (χ2n) is 5.97. The molecule has 1 amide bonds. The Labute approximate surface area is 143 Å². The van der Waals surface area contributed by atoms with E-state index < -0.39 is 0 Å². The van der Waals surface area contributed by atoms with Crippen LogP contribution in [0.15, 0.2) is 67.3 Å². The molecule has 0 bridgehead atoms. The predicted octanol–water partition coefficient (Wildman–Crippen LogP) is 3.63. The van der Waals surface area contributed by atoms with Gasteiger partial charge in [-0.3, -0.25) is 9.59 Å². The van der Waals surface area contributed by atoms with E-state index in [0.717, 1.165) is 16.7 Å². The number of hydrogen-bond donors (Lipinski definition) is 1. The highest BCUT2D eigenvalue weighted by Crippen LogP contribution is 2.33. The van der Waals surface area contributed by atoms with Gasteiger partial charge in [0.25, 0.3) is 0 Å². The van der Waals surface area contributed by atoms with Crippen LogP contribution in [0.2, 0.25) is 0 Å². The molecule has 0 aliphatic rings. The lowest BCUT2D eigenvalue weighted by Crippen LogP contribution is -2.35. The van der Waals surface area contributed by atoms with Crippen LogP contribution in [0.3, 0.4) is 0 Å². The third-order valence-electron chi connectivity index (χ3n) is 4.17. The maximum Gasteiger partial charge on any atom is 0.243 e. The van der Waals surface area contributed by atoms with E-state index in [4.69, 9.17) is 0 Å². The zero-order chi connectivity index (χ0) is 17.5. The molecule has 2 atom stereocenters. The van der Waals surface area contributed by atoms with Crippen molar-refractivity contribution in [2.24, 2.45) is 5.92 Å². The zero-order valence-electron chi connectivity index (χ0n) is 14.2. The molecular formula is C21H23NO2. The molecule has 124 valence electrons. The number of hydrogen-bond acceptors (Lipinski definition) is 2. The molecule has 0 fully saturated rings. The Morgan fingerprint density at radius 1 is 1.08 bits per heavy atom. The van der Waals surface area contributed by atoms with Crippen molar-refractivity contribution in [3.05, 3.63) is 83.9 Å². The van der Waals surface area contributed by atoms with Crippen LogP contribution in [0.4, 0.5) is 0 Å². The van der Waals surface area contributed by atoms with E-state index in [-0.39, 0.29) is 30.1 Å². The van der Waals surface area contributed by atoms with Crippen molar-refractivity contribution in [2.75, 3.05) is 6.54 Å². The maximum atomic E-state index is 12.3. The molecule has 0 heterocycles. The number of Topliss-reactive ketones (excluding diaryl/α,β-unsaturated/α-hetero) is 1. The van der Waals surface area contributed by atoms with E-state index in [1.165, 1.54) is 6.08 Å². The first kappa shape index (κ1) is 17.7. The largest absolute Gasteiger partial charge is 0.352 e. The summed E-state index contributed by atoms with van der Waals surface area (Å²) in [5.41, 5.74) is 3.29. The molecule has 0 radical (unpaired) electrons. The Balaban J connectivity index is 2.44. The number of nitrogens with one attached hydrogen (secondary N) is 1. The zero-order valence-corrected chi connectivity index (χ0v) is 14.2. The average molecular weight is 321 g/mol. The highest BCUT2D eigenvalue weighted by molar-refractivity contribution is 5.88. The summed E-state index contributed by atoms with van der Waals surface area (Å²) >= 11 is 0. The lowest BCUT2D eigenvalue weighted by Gasteiger charge is -2.27. The van der Waals surface area contributed by atoms with Crippen LogP contribution in [0.5, 0.6) is 0 Å². The van der Waals surface area contributed by atoms with Crippen LogP contribution in [0, 0.1) is 12.8 Å². The second-order valence-corrected chi connectivity index (χ2v) is 5.97. The highest BCUT2D eigenvalue weighted by atomic mass is 16.1. The first-order valence-electron chi connectivity index (χ1n) is 8.05. The molecule has 2 aromatic carbocycles. The van der Waals surface area contributed by atoms with Gasteiger partial charge in [-0.2, -0.15) is 0 Å². The smallest absolute Gasteiger partial charge is 0.243 e. The van der Waals surface area contributed by atoms with Crippen LogP contribution >= 0.6 is 0 Å². The van der Waals surface area contributed by atoms with E-state index >= 15 is 0 Å². The van der Waals surface area contributed by atoms with Gasteiger partial charge in [-0.1, -0.05) is 66.7 Å². The number of rotatable bonds is 7. The quantitative estimate of drug-likeness (QED) is 0.792. The second kappa shape index (κ2) is 8.25. The first-order valence-corrected chi connectivity index (χ1v) is 8.05. The lowest BCUT2D eigenvalue weighted by atomic mass is 9.78. The monoisotopic (exact) mass is 321 g/mol. The van der Waals surface area contributed by atoms with Crippen molar-refractivity contribution >= 4 is 11.7 Å². The number of benzene rings is 2.